The summed E-state index contributed by atoms with van der Waals surface area (Å²) in [5.74, 6) is -0.372. The smallest absolute Gasteiger partial charge is 0.233 e. The number of aliphatic hydroxyl groups is 3. The van der Waals surface area contributed by atoms with Crippen molar-refractivity contribution in [2.45, 2.75) is 37.8 Å². The fourth-order valence-corrected chi connectivity index (χ4v) is 2.35. The second-order valence-electron chi connectivity index (χ2n) is 5.44. The molecule has 1 aromatic carbocycles. The van der Waals surface area contributed by atoms with E-state index in [1.165, 1.54) is 5.56 Å². The summed E-state index contributed by atoms with van der Waals surface area (Å²) in [4.78, 5) is 11.6. The third-order valence-electron chi connectivity index (χ3n) is 3.77. The van der Waals surface area contributed by atoms with Gasteiger partial charge >= 0.3 is 0 Å². The van der Waals surface area contributed by atoms with Crippen LogP contribution in [0.3, 0.4) is 0 Å². The van der Waals surface area contributed by atoms with E-state index in [1.807, 2.05) is 24.3 Å². The van der Waals surface area contributed by atoms with Crippen LogP contribution < -0.4 is 4.74 Å². The van der Waals surface area contributed by atoms with E-state index < -0.39 is 24.3 Å². The standard InChI is InChI=1S/C17H22O7/c1-22-12-7-5-11(6-8-12)4-2-3-9-23-17-16(21)15(20)14(19)13(10-18)24-17/h5-8,10,14,16-19,21H,2-4,9H2,1H3/b13-10+/t14-,16-,17+/m1/s1. The van der Waals surface area contributed by atoms with Gasteiger partial charge in [0.1, 0.15) is 12.0 Å². The van der Waals surface area contributed by atoms with Crippen LogP contribution in [0.4, 0.5) is 0 Å². The molecule has 0 saturated carbocycles. The fraction of sp³-hybridized carbons (Fsp3) is 0.471. The average Bonchev–Trinajstić information content (AvgIpc) is 2.61. The summed E-state index contributed by atoms with van der Waals surface area (Å²) in [6.45, 7) is 0.278. The lowest BCUT2D eigenvalue weighted by molar-refractivity contribution is -0.207. The van der Waals surface area contributed by atoms with Crippen molar-refractivity contribution in [1.82, 2.24) is 0 Å². The minimum absolute atomic E-state index is 0.278. The Morgan fingerprint density at radius 3 is 2.54 bits per heavy atom. The Kier molecular flexibility index (Phi) is 6.60. The largest absolute Gasteiger partial charge is 0.512 e. The van der Waals surface area contributed by atoms with Crippen molar-refractivity contribution in [3.8, 4) is 5.75 Å². The molecule has 3 N–H and O–H groups in total. The van der Waals surface area contributed by atoms with Crippen LogP contribution in [0.15, 0.2) is 36.3 Å². The van der Waals surface area contributed by atoms with Crippen LogP contribution in [0.5, 0.6) is 5.75 Å². The lowest BCUT2D eigenvalue weighted by Crippen LogP contribution is -2.49. The predicted molar refractivity (Wildman–Crippen MR) is 84.5 cm³/mol. The molecule has 0 aliphatic carbocycles. The number of unbranched alkanes of at least 4 members (excludes halogenated alkanes) is 1. The summed E-state index contributed by atoms with van der Waals surface area (Å²) < 4.78 is 15.5. The minimum Gasteiger partial charge on any atom is -0.512 e. The van der Waals surface area contributed by atoms with Crippen LogP contribution in [0.1, 0.15) is 18.4 Å². The highest BCUT2D eigenvalue weighted by atomic mass is 16.7. The maximum absolute atomic E-state index is 11.6. The first kappa shape index (κ1) is 18.3. The van der Waals surface area contributed by atoms with E-state index in [2.05, 4.69) is 0 Å². The first-order valence-corrected chi connectivity index (χ1v) is 7.72. The Morgan fingerprint density at radius 1 is 1.21 bits per heavy atom. The molecule has 1 heterocycles. The molecule has 0 unspecified atom stereocenters. The number of ether oxygens (including phenoxy) is 3. The molecule has 0 aromatic heterocycles. The van der Waals surface area contributed by atoms with E-state index >= 15 is 0 Å². The molecule has 1 aliphatic rings. The molecule has 132 valence electrons. The Balaban J connectivity index is 1.72. The first-order valence-electron chi connectivity index (χ1n) is 7.72. The Hall–Kier alpha value is -2.09. The summed E-state index contributed by atoms with van der Waals surface area (Å²) >= 11 is 0. The van der Waals surface area contributed by atoms with Crippen molar-refractivity contribution in [2.24, 2.45) is 0 Å². The molecular formula is C17H22O7. The Morgan fingerprint density at radius 2 is 1.92 bits per heavy atom. The number of aryl methyl sites for hydroxylation is 1. The van der Waals surface area contributed by atoms with Crippen molar-refractivity contribution in [3.05, 3.63) is 41.9 Å². The van der Waals surface area contributed by atoms with Gasteiger partial charge < -0.3 is 29.5 Å². The summed E-state index contributed by atoms with van der Waals surface area (Å²) in [6.07, 6.45) is -1.55. The van der Waals surface area contributed by atoms with Gasteiger partial charge in [-0.25, -0.2) is 0 Å². The molecule has 0 amide bonds. The second kappa shape index (κ2) is 8.68. The summed E-state index contributed by atoms with van der Waals surface area (Å²) in [5.41, 5.74) is 1.17. The summed E-state index contributed by atoms with van der Waals surface area (Å²) in [5, 5.41) is 28.1. The van der Waals surface area contributed by atoms with Gasteiger partial charge in [-0.3, -0.25) is 4.79 Å². The maximum atomic E-state index is 11.6. The van der Waals surface area contributed by atoms with E-state index in [0.29, 0.717) is 12.7 Å². The van der Waals surface area contributed by atoms with Gasteiger partial charge in [-0.2, -0.15) is 0 Å². The number of hydrogen-bond donors (Lipinski definition) is 3. The number of hydrogen-bond acceptors (Lipinski definition) is 7. The van der Waals surface area contributed by atoms with Gasteiger partial charge in [0.2, 0.25) is 12.1 Å². The maximum Gasteiger partial charge on any atom is 0.233 e. The first-order chi connectivity index (χ1) is 11.6. The summed E-state index contributed by atoms with van der Waals surface area (Å²) in [6, 6.07) is 7.79. The molecule has 1 aliphatic heterocycles. The molecule has 0 spiro atoms. The highest BCUT2D eigenvalue weighted by Crippen LogP contribution is 2.21. The molecular weight excluding hydrogens is 316 g/mol. The Bertz CT molecular complexity index is 567. The van der Waals surface area contributed by atoms with Gasteiger partial charge in [0.25, 0.3) is 0 Å². The number of Topliss-reactive ketones (excluding diaryl/α,β-unsaturated/α-hetero) is 1. The van der Waals surface area contributed by atoms with Gasteiger partial charge in [-0.05, 0) is 37.0 Å². The number of carbonyl (C=O) groups is 1. The minimum atomic E-state index is -1.67. The molecule has 1 saturated heterocycles. The quantitative estimate of drug-likeness (QED) is 0.505. The lowest BCUT2D eigenvalue weighted by atomic mass is 10.1. The van der Waals surface area contributed by atoms with Crippen LogP contribution in [0.25, 0.3) is 0 Å². The third-order valence-corrected chi connectivity index (χ3v) is 3.77. The van der Waals surface area contributed by atoms with Crippen molar-refractivity contribution >= 4 is 5.78 Å². The monoisotopic (exact) mass is 338 g/mol. The predicted octanol–water partition coefficient (Wildman–Crippen LogP) is 1.08. The second-order valence-corrected chi connectivity index (χ2v) is 5.44. The van der Waals surface area contributed by atoms with E-state index in [-0.39, 0.29) is 12.4 Å². The van der Waals surface area contributed by atoms with E-state index in [4.69, 9.17) is 19.3 Å². The molecule has 7 nitrogen and oxygen atoms in total. The van der Waals surface area contributed by atoms with Crippen LogP contribution >= 0.6 is 0 Å². The van der Waals surface area contributed by atoms with Crippen LogP contribution in [0.2, 0.25) is 0 Å². The van der Waals surface area contributed by atoms with Crippen molar-refractivity contribution in [1.29, 1.82) is 0 Å². The van der Waals surface area contributed by atoms with E-state index in [0.717, 1.165) is 18.6 Å². The number of ketones is 1. The zero-order valence-corrected chi connectivity index (χ0v) is 13.4. The average molecular weight is 338 g/mol. The SMILES string of the molecule is COc1ccc(CCCCO[C@H]2O/C(=C/O)[C@@H](O)C(=O)[C@H]2O)cc1. The molecule has 2 rings (SSSR count). The summed E-state index contributed by atoms with van der Waals surface area (Å²) in [7, 11) is 1.62. The Labute approximate surface area is 140 Å². The van der Waals surface area contributed by atoms with Gasteiger partial charge in [0, 0.05) is 0 Å². The van der Waals surface area contributed by atoms with Gasteiger partial charge in [0.05, 0.1) is 13.7 Å². The van der Waals surface area contributed by atoms with Crippen LogP contribution in [0, 0.1) is 0 Å². The highest BCUT2D eigenvalue weighted by molar-refractivity contribution is 5.90. The highest BCUT2D eigenvalue weighted by Gasteiger charge is 2.41. The molecule has 0 radical (unpaired) electrons. The topological polar surface area (TPSA) is 105 Å². The molecule has 1 aromatic rings. The zero-order valence-electron chi connectivity index (χ0n) is 13.4. The number of aliphatic hydroxyl groups excluding tert-OH is 3. The lowest BCUT2D eigenvalue weighted by Gasteiger charge is -2.31. The number of rotatable bonds is 7. The molecule has 1 fully saturated rings. The molecule has 0 bridgehead atoms. The fourth-order valence-electron chi connectivity index (χ4n) is 2.35. The molecule has 3 atom stereocenters. The number of benzene rings is 1. The van der Waals surface area contributed by atoms with Crippen LogP contribution in [-0.2, 0) is 20.7 Å². The van der Waals surface area contributed by atoms with Crippen LogP contribution in [-0.4, -0.2) is 53.3 Å². The normalized spacial score (nSPS) is 25.5. The molecule has 24 heavy (non-hydrogen) atoms. The van der Waals surface area contributed by atoms with Gasteiger partial charge in [-0.15, -0.1) is 0 Å². The van der Waals surface area contributed by atoms with E-state index in [1.54, 1.807) is 7.11 Å². The zero-order chi connectivity index (χ0) is 17.5. The van der Waals surface area contributed by atoms with Gasteiger partial charge in [-0.1, -0.05) is 12.1 Å². The third kappa shape index (κ3) is 4.47. The van der Waals surface area contributed by atoms with Crippen molar-refractivity contribution in [2.75, 3.05) is 13.7 Å². The van der Waals surface area contributed by atoms with E-state index in [9.17, 15) is 15.0 Å². The number of carbonyl (C=O) groups excluding carboxylic acids is 1. The number of methoxy groups -OCH3 is 1. The van der Waals surface area contributed by atoms with Gasteiger partial charge in [0.15, 0.2) is 18.0 Å². The molecule has 7 heteroatoms. The van der Waals surface area contributed by atoms with Crippen molar-refractivity contribution in [3.63, 3.8) is 0 Å². The van der Waals surface area contributed by atoms with Crippen molar-refractivity contribution < 1.29 is 34.3 Å².